The van der Waals surface area contributed by atoms with Crippen molar-refractivity contribution < 1.29 is 9.53 Å². The molecule has 104 valence electrons. The number of cyclic esters (lactones) is 1. The first-order valence-electron chi connectivity index (χ1n) is 7.70. The molecule has 0 saturated heterocycles. The Morgan fingerprint density at radius 2 is 1.28 bits per heavy atom. The molecule has 1 rings (SSSR count). The molecule has 0 unspecified atom stereocenters. The van der Waals surface area contributed by atoms with Crippen LogP contribution in [0.2, 0.25) is 0 Å². The first-order chi connectivity index (χ1) is 8.89. The number of hydrogen-bond acceptors (Lipinski definition) is 2. The van der Waals surface area contributed by atoms with Crippen LogP contribution in [0.4, 0.5) is 0 Å². The van der Waals surface area contributed by atoms with Crippen molar-refractivity contribution in [1.82, 2.24) is 0 Å². The minimum absolute atomic E-state index is 0.00476. The van der Waals surface area contributed by atoms with E-state index in [1.54, 1.807) is 0 Å². The van der Waals surface area contributed by atoms with Gasteiger partial charge in [0.05, 0.1) is 6.61 Å². The second-order valence-electron chi connectivity index (χ2n) is 5.20. The van der Waals surface area contributed by atoms with E-state index >= 15 is 0 Å². The van der Waals surface area contributed by atoms with Crippen LogP contribution in [-0.4, -0.2) is 12.6 Å². The van der Waals surface area contributed by atoms with Gasteiger partial charge in [-0.25, -0.2) is 0 Å². The fourth-order valence-corrected chi connectivity index (χ4v) is 2.27. The van der Waals surface area contributed by atoms with Crippen molar-refractivity contribution in [1.29, 1.82) is 0 Å². The lowest BCUT2D eigenvalue weighted by molar-refractivity contribution is -0.143. The largest absolute Gasteiger partial charge is 0.466 e. The third-order valence-electron chi connectivity index (χ3n) is 3.45. The van der Waals surface area contributed by atoms with Gasteiger partial charge >= 0.3 is 5.97 Å². The highest BCUT2D eigenvalue weighted by Crippen LogP contribution is 2.11. The van der Waals surface area contributed by atoms with Crippen LogP contribution in [0.5, 0.6) is 0 Å². The van der Waals surface area contributed by atoms with Gasteiger partial charge in [0.25, 0.3) is 0 Å². The highest BCUT2D eigenvalue weighted by molar-refractivity contribution is 5.69. The van der Waals surface area contributed by atoms with E-state index in [9.17, 15) is 4.79 Å². The Bertz CT molecular complexity index is 233. The smallest absolute Gasteiger partial charge is 0.305 e. The van der Waals surface area contributed by atoms with Crippen LogP contribution in [0, 0.1) is 0 Å². The molecule has 0 saturated carbocycles. The summed E-state index contributed by atoms with van der Waals surface area (Å²) in [6.07, 6.45) is 18.5. The van der Waals surface area contributed by atoms with E-state index < -0.39 is 0 Å². The molecule has 2 nitrogen and oxygen atoms in total. The number of carbonyl (C=O) groups is 1. The van der Waals surface area contributed by atoms with Crippen molar-refractivity contribution in [3.8, 4) is 0 Å². The molecule has 0 spiro atoms. The Labute approximate surface area is 112 Å². The van der Waals surface area contributed by atoms with E-state index in [1.807, 2.05) is 0 Å². The summed E-state index contributed by atoms with van der Waals surface area (Å²) in [6, 6.07) is 0. The molecule has 0 aromatic rings. The first kappa shape index (κ1) is 15.3. The van der Waals surface area contributed by atoms with E-state index in [1.165, 1.54) is 44.9 Å². The van der Waals surface area contributed by atoms with Crippen molar-refractivity contribution in [2.24, 2.45) is 0 Å². The fraction of sp³-hybridized carbons (Fsp3) is 0.812. The molecule has 0 N–H and O–H groups in total. The molecule has 2 heteroatoms. The number of esters is 1. The molecular formula is C16H28O2. The Hall–Kier alpha value is -0.790. The fourth-order valence-electron chi connectivity index (χ4n) is 2.27. The molecule has 0 bridgehead atoms. The Morgan fingerprint density at radius 1 is 0.722 bits per heavy atom. The maximum atomic E-state index is 11.4. The molecule has 0 aromatic heterocycles. The lowest BCUT2D eigenvalue weighted by Gasteiger charge is -2.04. The minimum atomic E-state index is -0.00476. The normalized spacial score (nSPS) is 23.9. The zero-order chi connectivity index (χ0) is 12.9. The summed E-state index contributed by atoms with van der Waals surface area (Å²) >= 11 is 0. The topological polar surface area (TPSA) is 26.3 Å². The summed E-state index contributed by atoms with van der Waals surface area (Å²) in [7, 11) is 0. The van der Waals surface area contributed by atoms with Crippen molar-refractivity contribution in [3.05, 3.63) is 12.2 Å². The van der Waals surface area contributed by atoms with E-state index in [-0.39, 0.29) is 5.97 Å². The van der Waals surface area contributed by atoms with Gasteiger partial charge in [0, 0.05) is 6.42 Å². The molecule has 1 aliphatic heterocycles. The molecule has 1 aliphatic rings. The summed E-state index contributed by atoms with van der Waals surface area (Å²) in [5, 5.41) is 0. The second kappa shape index (κ2) is 11.3. The molecule has 0 amide bonds. The maximum Gasteiger partial charge on any atom is 0.305 e. The molecule has 0 atom stereocenters. The highest BCUT2D eigenvalue weighted by Gasteiger charge is 2.02. The molecule has 0 aromatic carbocycles. The number of allylic oxidation sites excluding steroid dienone is 2. The summed E-state index contributed by atoms with van der Waals surface area (Å²) in [5.74, 6) is -0.00476. The zero-order valence-electron chi connectivity index (χ0n) is 11.7. The standard InChI is InChI=1S/C16H28O2/c17-16-14-12-10-8-6-4-2-1-3-5-7-9-11-13-15-18-16/h5,7H,1-4,6,8-15H2/b7-5-. The molecule has 0 radical (unpaired) electrons. The zero-order valence-corrected chi connectivity index (χ0v) is 11.7. The summed E-state index contributed by atoms with van der Waals surface area (Å²) in [6.45, 7) is 0.604. The highest BCUT2D eigenvalue weighted by atomic mass is 16.5. The number of carbonyl (C=O) groups excluding carboxylic acids is 1. The molecular weight excluding hydrogens is 224 g/mol. The van der Waals surface area contributed by atoms with Crippen molar-refractivity contribution in [3.63, 3.8) is 0 Å². The van der Waals surface area contributed by atoms with Gasteiger partial charge in [0.1, 0.15) is 0 Å². The van der Waals surface area contributed by atoms with Crippen LogP contribution in [0.3, 0.4) is 0 Å². The van der Waals surface area contributed by atoms with Crippen LogP contribution in [0.1, 0.15) is 77.0 Å². The third-order valence-corrected chi connectivity index (χ3v) is 3.45. The van der Waals surface area contributed by atoms with Gasteiger partial charge in [-0.1, -0.05) is 44.3 Å². The van der Waals surface area contributed by atoms with Gasteiger partial charge in [-0.3, -0.25) is 4.79 Å². The van der Waals surface area contributed by atoms with Gasteiger partial charge < -0.3 is 4.74 Å². The Balaban J connectivity index is 2.17. The lowest BCUT2D eigenvalue weighted by Crippen LogP contribution is -2.05. The van der Waals surface area contributed by atoms with Crippen LogP contribution in [0.25, 0.3) is 0 Å². The average molecular weight is 252 g/mol. The van der Waals surface area contributed by atoms with Crippen molar-refractivity contribution >= 4 is 5.97 Å². The first-order valence-corrected chi connectivity index (χ1v) is 7.70. The van der Waals surface area contributed by atoms with Gasteiger partial charge in [-0.05, 0) is 38.5 Å². The van der Waals surface area contributed by atoms with Crippen molar-refractivity contribution in [2.75, 3.05) is 6.61 Å². The van der Waals surface area contributed by atoms with E-state index in [2.05, 4.69) is 12.2 Å². The van der Waals surface area contributed by atoms with E-state index in [0.29, 0.717) is 13.0 Å². The Kier molecular flexibility index (Phi) is 9.59. The lowest BCUT2D eigenvalue weighted by atomic mass is 10.1. The summed E-state index contributed by atoms with van der Waals surface area (Å²) < 4.78 is 5.20. The predicted molar refractivity (Wildman–Crippen MR) is 75.5 cm³/mol. The van der Waals surface area contributed by atoms with Crippen molar-refractivity contribution in [2.45, 2.75) is 77.0 Å². The monoisotopic (exact) mass is 252 g/mol. The minimum Gasteiger partial charge on any atom is -0.466 e. The van der Waals surface area contributed by atoms with E-state index in [0.717, 1.165) is 25.7 Å². The van der Waals surface area contributed by atoms with Crippen LogP contribution < -0.4 is 0 Å². The predicted octanol–water partition coefficient (Wildman–Crippen LogP) is 4.78. The van der Waals surface area contributed by atoms with Gasteiger partial charge in [0.15, 0.2) is 0 Å². The quantitative estimate of drug-likeness (QED) is 0.458. The SMILES string of the molecule is O=C1CCCCCCCCC/C=C\CCCCO1. The third kappa shape index (κ3) is 9.26. The number of rotatable bonds is 0. The summed E-state index contributed by atoms with van der Waals surface area (Å²) in [4.78, 5) is 11.4. The molecule has 18 heavy (non-hydrogen) atoms. The maximum absolute atomic E-state index is 11.4. The van der Waals surface area contributed by atoms with E-state index in [4.69, 9.17) is 4.74 Å². The van der Waals surface area contributed by atoms with Crippen LogP contribution >= 0.6 is 0 Å². The number of ether oxygens (including phenoxy) is 1. The van der Waals surface area contributed by atoms with Gasteiger partial charge in [-0.2, -0.15) is 0 Å². The summed E-state index contributed by atoms with van der Waals surface area (Å²) in [5.41, 5.74) is 0. The Morgan fingerprint density at radius 3 is 2.00 bits per heavy atom. The average Bonchev–Trinajstić information content (AvgIpc) is 2.37. The van der Waals surface area contributed by atoms with Gasteiger partial charge in [0.2, 0.25) is 0 Å². The molecule has 0 fully saturated rings. The number of hydrogen-bond donors (Lipinski definition) is 0. The van der Waals surface area contributed by atoms with Crippen LogP contribution in [0.15, 0.2) is 12.2 Å². The van der Waals surface area contributed by atoms with Gasteiger partial charge in [-0.15, -0.1) is 0 Å². The molecule has 1 heterocycles. The molecule has 0 aliphatic carbocycles. The van der Waals surface area contributed by atoms with Crippen LogP contribution in [-0.2, 0) is 9.53 Å². The second-order valence-corrected chi connectivity index (χ2v) is 5.20.